The van der Waals surface area contributed by atoms with Crippen LogP contribution < -0.4 is 0 Å². The summed E-state index contributed by atoms with van der Waals surface area (Å²) in [5.41, 5.74) is -1.20. The molecule has 0 saturated heterocycles. The average Bonchev–Trinajstić information content (AvgIpc) is 2.38. The number of esters is 1. The molecule has 21 heavy (non-hydrogen) atoms. The first kappa shape index (κ1) is 19.3. The number of hydrogen-bond acceptors (Lipinski definition) is 4. The molecule has 0 bridgehead atoms. The summed E-state index contributed by atoms with van der Waals surface area (Å²) in [7, 11) is 0. The molecule has 4 nitrogen and oxygen atoms in total. The van der Waals surface area contributed by atoms with Gasteiger partial charge in [-0.05, 0) is 19.1 Å². The van der Waals surface area contributed by atoms with Crippen LogP contribution in [0.1, 0.15) is 18.1 Å². The van der Waals surface area contributed by atoms with Crippen LogP contribution in [0.5, 0.6) is 0 Å². The molecule has 0 saturated carbocycles. The molecule has 110 valence electrons. The van der Waals surface area contributed by atoms with Crippen LogP contribution >= 0.6 is 0 Å². The zero-order valence-electron chi connectivity index (χ0n) is 10.4. The fraction of sp³-hybridized carbons (Fsp3) is 0.231. The van der Waals surface area contributed by atoms with Crippen LogP contribution in [0, 0.1) is 0 Å². The number of halogens is 3. The van der Waals surface area contributed by atoms with E-state index in [1.807, 2.05) is 0 Å². The summed E-state index contributed by atoms with van der Waals surface area (Å²) in [6.07, 6.45) is -4.05. The van der Waals surface area contributed by atoms with Crippen molar-refractivity contribution in [2.24, 2.45) is 0 Å². The van der Waals surface area contributed by atoms with Gasteiger partial charge in [0.1, 0.15) is 5.76 Å². The molecule has 0 aromatic heterocycles. The van der Waals surface area contributed by atoms with E-state index in [2.05, 4.69) is 4.74 Å². The molecule has 1 aromatic rings. The van der Waals surface area contributed by atoms with Crippen LogP contribution in [-0.4, -0.2) is 42.3 Å². The Bertz CT molecular complexity index is 553. The summed E-state index contributed by atoms with van der Waals surface area (Å²) in [6.45, 7) is 1.46. The quantitative estimate of drug-likeness (QED) is 0.304. The van der Waals surface area contributed by atoms with Gasteiger partial charge in [-0.3, -0.25) is 4.79 Å². The van der Waals surface area contributed by atoms with Crippen LogP contribution in [0.2, 0.25) is 0 Å². The van der Waals surface area contributed by atoms with Gasteiger partial charge in [-0.25, -0.2) is 4.79 Å². The van der Waals surface area contributed by atoms with Gasteiger partial charge in [0.25, 0.3) is 5.78 Å². The molecule has 0 atom stereocenters. The monoisotopic (exact) mass is 296 g/mol. The Balaban J connectivity index is 0.00000400. The molecule has 0 radical (unpaired) electrons. The van der Waals surface area contributed by atoms with E-state index in [-0.39, 0.29) is 31.0 Å². The third kappa shape index (κ3) is 5.66. The Morgan fingerprint density at radius 3 is 2.48 bits per heavy atom. The number of carbonyl (C=O) groups is 2. The summed E-state index contributed by atoms with van der Waals surface area (Å²) in [6, 6.07) is 3.75. The summed E-state index contributed by atoms with van der Waals surface area (Å²) < 4.78 is 41.8. The maximum atomic E-state index is 12.5. The van der Waals surface area contributed by atoms with Gasteiger partial charge in [-0.15, -0.1) is 0 Å². The van der Waals surface area contributed by atoms with E-state index in [0.717, 1.165) is 12.1 Å². The number of hydrogen-bond donors (Lipinski definition) is 1. The Hall–Kier alpha value is -1.71. The van der Waals surface area contributed by atoms with Gasteiger partial charge in [0.05, 0.1) is 12.2 Å². The summed E-state index contributed by atoms with van der Waals surface area (Å²) in [4.78, 5) is 22.3. The van der Waals surface area contributed by atoms with Gasteiger partial charge in [-0.1, -0.05) is 12.1 Å². The van der Waals surface area contributed by atoms with Crippen LogP contribution in [0.3, 0.4) is 0 Å². The molecule has 0 aliphatic rings. The summed E-state index contributed by atoms with van der Waals surface area (Å²) in [5, 5.41) is 9.56. The molecule has 0 spiro atoms. The molecule has 0 amide bonds. The third-order valence-electron chi connectivity index (χ3n) is 2.23. The second-order valence-corrected chi connectivity index (χ2v) is 3.69. The van der Waals surface area contributed by atoms with E-state index < -0.39 is 29.3 Å². The Kier molecular flexibility index (Phi) is 7.26. The number of benzene rings is 1. The summed E-state index contributed by atoms with van der Waals surface area (Å²) in [5.74, 6) is -3.08. The molecule has 0 unspecified atom stereocenters. The molecule has 8 heteroatoms. The van der Waals surface area contributed by atoms with E-state index in [0.29, 0.717) is 12.1 Å². The zero-order chi connectivity index (χ0) is 15.3. The molecular formula is C13H12F3LiO4. The minimum absolute atomic E-state index is 0. The minimum atomic E-state index is -4.57. The normalized spacial score (nSPS) is 11.5. The van der Waals surface area contributed by atoms with E-state index in [9.17, 15) is 27.9 Å². The van der Waals surface area contributed by atoms with Crippen LogP contribution in [0.4, 0.5) is 13.2 Å². The van der Waals surface area contributed by atoms with Crippen molar-refractivity contribution < 1.29 is 32.6 Å². The van der Waals surface area contributed by atoms with Crippen molar-refractivity contribution in [3.05, 3.63) is 41.5 Å². The van der Waals surface area contributed by atoms with Gasteiger partial charge in [0.2, 0.25) is 0 Å². The van der Waals surface area contributed by atoms with Crippen molar-refractivity contribution >= 4 is 36.4 Å². The van der Waals surface area contributed by atoms with Crippen molar-refractivity contribution in [2.75, 3.05) is 6.61 Å². The van der Waals surface area contributed by atoms with Gasteiger partial charge in [0.15, 0.2) is 0 Å². The number of carbonyl (C=O) groups excluding carboxylic acids is 2. The van der Waals surface area contributed by atoms with E-state index in [1.54, 1.807) is 0 Å². The molecule has 1 rings (SSSR count). The standard InChI is InChI=1S/C13H11F3O4.Li.H/c1-2-20-12(19)11(18)7-10(17)8-4-3-5-9(6-8)13(14,15)16;;/h3-7,17H,2H2,1H3;;/b10-7-;;. The molecule has 1 N–H and O–H groups in total. The van der Waals surface area contributed by atoms with Crippen LogP contribution in [0.25, 0.3) is 5.76 Å². The fourth-order valence-corrected chi connectivity index (χ4v) is 1.32. The molecular weight excluding hydrogens is 284 g/mol. The SMILES string of the molecule is CCOC(=O)C(=O)/C=C(\O)c1cccc(C(F)(F)F)c1.[LiH]. The topological polar surface area (TPSA) is 63.6 Å². The fourth-order valence-electron chi connectivity index (χ4n) is 1.32. The van der Waals surface area contributed by atoms with E-state index in [1.165, 1.54) is 13.0 Å². The second kappa shape index (κ2) is 7.91. The van der Waals surface area contributed by atoms with Gasteiger partial charge >= 0.3 is 31.0 Å². The molecule has 0 aliphatic carbocycles. The number of aliphatic hydroxyl groups excluding tert-OH is 1. The van der Waals surface area contributed by atoms with Crippen molar-refractivity contribution in [3.8, 4) is 0 Å². The van der Waals surface area contributed by atoms with Gasteiger partial charge in [0, 0.05) is 11.6 Å². The number of aliphatic hydroxyl groups is 1. The van der Waals surface area contributed by atoms with Crippen LogP contribution in [-0.2, 0) is 20.5 Å². The van der Waals surface area contributed by atoms with Gasteiger partial charge in [-0.2, -0.15) is 13.2 Å². The Labute approximate surface area is 130 Å². The van der Waals surface area contributed by atoms with E-state index in [4.69, 9.17) is 0 Å². The predicted octanol–water partition coefficient (Wildman–Crippen LogP) is 2.09. The van der Waals surface area contributed by atoms with E-state index >= 15 is 0 Å². The Morgan fingerprint density at radius 2 is 1.95 bits per heavy atom. The first-order valence-corrected chi connectivity index (χ1v) is 5.55. The zero-order valence-corrected chi connectivity index (χ0v) is 10.4. The van der Waals surface area contributed by atoms with Crippen molar-refractivity contribution in [2.45, 2.75) is 13.1 Å². The van der Waals surface area contributed by atoms with Crippen molar-refractivity contribution in [1.29, 1.82) is 0 Å². The van der Waals surface area contributed by atoms with Crippen molar-refractivity contribution in [1.82, 2.24) is 0 Å². The van der Waals surface area contributed by atoms with Gasteiger partial charge < -0.3 is 9.84 Å². The number of rotatable bonds is 4. The molecule has 0 heterocycles. The number of ether oxygens (including phenoxy) is 1. The number of alkyl halides is 3. The maximum absolute atomic E-state index is 12.5. The predicted molar refractivity (Wildman–Crippen MR) is 70.8 cm³/mol. The van der Waals surface area contributed by atoms with Crippen LogP contribution in [0.15, 0.2) is 30.3 Å². The molecule has 1 aromatic carbocycles. The van der Waals surface area contributed by atoms with Crippen molar-refractivity contribution in [3.63, 3.8) is 0 Å². The summed E-state index contributed by atoms with van der Waals surface area (Å²) >= 11 is 0. The number of ketones is 1. The third-order valence-corrected chi connectivity index (χ3v) is 2.23. The first-order chi connectivity index (χ1) is 9.25. The molecule has 0 fully saturated rings. The first-order valence-electron chi connectivity index (χ1n) is 5.55. The average molecular weight is 296 g/mol. The second-order valence-electron chi connectivity index (χ2n) is 3.69. The molecule has 0 aliphatic heterocycles. The Morgan fingerprint density at radius 1 is 1.33 bits per heavy atom.